The zero-order valence-corrected chi connectivity index (χ0v) is 16.9. The van der Waals surface area contributed by atoms with Gasteiger partial charge in [0.25, 0.3) is 5.91 Å². The molecule has 0 aliphatic heterocycles. The van der Waals surface area contributed by atoms with Crippen molar-refractivity contribution < 1.29 is 18.0 Å². The standard InChI is InChI=1S/C21H23N3O4S/c1-3-6-20(25)24-18-11-9-16(10-12-18)15-22-21(26)17-7-5-8-19(14-17)29(27,28)23-13-4-2/h2,5,7-12,14,23H,3,6,13,15H2,1H3,(H,22,26)(H,24,25). The number of carbonyl (C=O) groups excluding carboxylic acids is 2. The summed E-state index contributed by atoms with van der Waals surface area (Å²) in [5, 5.41) is 5.54. The molecule has 0 aliphatic carbocycles. The van der Waals surface area contributed by atoms with Crippen LogP contribution in [0.3, 0.4) is 0 Å². The van der Waals surface area contributed by atoms with Gasteiger partial charge in [0.05, 0.1) is 11.4 Å². The number of sulfonamides is 1. The molecule has 3 N–H and O–H groups in total. The quantitative estimate of drug-likeness (QED) is 0.549. The van der Waals surface area contributed by atoms with Crippen molar-refractivity contribution in [3.8, 4) is 12.3 Å². The number of anilines is 1. The molecule has 0 fully saturated rings. The molecule has 0 atom stereocenters. The largest absolute Gasteiger partial charge is 0.348 e. The van der Waals surface area contributed by atoms with Gasteiger partial charge < -0.3 is 10.6 Å². The lowest BCUT2D eigenvalue weighted by molar-refractivity contribution is -0.116. The maximum Gasteiger partial charge on any atom is 0.251 e. The van der Waals surface area contributed by atoms with E-state index in [1.54, 1.807) is 24.3 Å². The number of hydrogen-bond donors (Lipinski definition) is 3. The molecule has 0 spiro atoms. The first-order valence-corrected chi connectivity index (χ1v) is 10.5. The van der Waals surface area contributed by atoms with Crippen LogP contribution in [0.15, 0.2) is 53.4 Å². The molecule has 7 nitrogen and oxygen atoms in total. The Morgan fingerprint density at radius 3 is 2.48 bits per heavy atom. The zero-order valence-electron chi connectivity index (χ0n) is 16.1. The van der Waals surface area contributed by atoms with Crippen LogP contribution in [0.25, 0.3) is 0 Å². The first kappa shape index (κ1) is 22.1. The van der Waals surface area contributed by atoms with Gasteiger partial charge in [-0.3, -0.25) is 9.59 Å². The van der Waals surface area contributed by atoms with E-state index in [9.17, 15) is 18.0 Å². The summed E-state index contributed by atoms with van der Waals surface area (Å²) < 4.78 is 26.5. The number of rotatable bonds is 9. The van der Waals surface area contributed by atoms with Crippen molar-refractivity contribution in [3.05, 3.63) is 59.7 Å². The lowest BCUT2D eigenvalue weighted by Crippen LogP contribution is -2.25. The summed E-state index contributed by atoms with van der Waals surface area (Å²) in [5.74, 6) is 1.75. The van der Waals surface area contributed by atoms with E-state index in [1.165, 1.54) is 24.3 Å². The highest BCUT2D eigenvalue weighted by Gasteiger charge is 2.15. The molecule has 2 amide bonds. The van der Waals surface area contributed by atoms with E-state index >= 15 is 0 Å². The van der Waals surface area contributed by atoms with Crippen molar-refractivity contribution in [1.29, 1.82) is 0 Å². The molecule has 2 aromatic rings. The highest BCUT2D eigenvalue weighted by atomic mass is 32.2. The number of amides is 2. The number of benzene rings is 2. The topological polar surface area (TPSA) is 104 Å². The van der Waals surface area contributed by atoms with Gasteiger partial charge >= 0.3 is 0 Å². The van der Waals surface area contributed by atoms with Gasteiger partial charge in [-0.15, -0.1) is 6.42 Å². The minimum atomic E-state index is -3.77. The third-order valence-corrected chi connectivity index (χ3v) is 5.34. The molecule has 0 radical (unpaired) electrons. The second-order valence-corrected chi connectivity index (χ2v) is 8.00. The third-order valence-electron chi connectivity index (χ3n) is 3.94. The summed E-state index contributed by atoms with van der Waals surface area (Å²) in [6.07, 6.45) is 6.31. The first-order valence-electron chi connectivity index (χ1n) is 9.06. The normalized spacial score (nSPS) is 10.8. The predicted octanol–water partition coefficient (Wildman–Crippen LogP) is 2.27. The molecule has 2 aromatic carbocycles. The minimum absolute atomic E-state index is 0.0347. The summed E-state index contributed by atoms with van der Waals surface area (Å²) in [4.78, 5) is 23.9. The van der Waals surface area contributed by atoms with Gasteiger partial charge in [0, 0.05) is 24.2 Å². The maximum absolute atomic E-state index is 12.4. The number of hydrogen-bond acceptors (Lipinski definition) is 4. The Labute approximate surface area is 171 Å². The van der Waals surface area contributed by atoms with Crippen LogP contribution in [0.1, 0.15) is 35.7 Å². The monoisotopic (exact) mass is 413 g/mol. The fourth-order valence-corrected chi connectivity index (χ4v) is 3.45. The van der Waals surface area contributed by atoms with E-state index in [4.69, 9.17) is 6.42 Å². The summed E-state index contributed by atoms with van der Waals surface area (Å²) in [7, 11) is -3.77. The van der Waals surface area contributed by atoms with E-state index in [-0.39, 0.29) is 29.5 Å². The van der Waals surface area contributed by atoms with E-state index in [0.29, 0.717) is 12.1 Å². The fourth-order valence-electron chi connectivity index (χ4n) is 2.47. The Bertz CT molecular complexity index is 1010. The SMILES string of the molecule is C#CCNS(=O)(=O)c1cccc(C(=O)NCc2ccc(NC(=O)CCC)cc2)c1. The molecule has 0 bridgehead atoms. The van der Waals surface area contributed by atoms with E-state index < -0.39 is 15.9 Å². The van der Waals surface area contributed by atoms with Crippen LogP contribution < -0.4 is 15.4 Å². The zero-order chi connectivity index (χ0) is 21.3. The Morgan fingerprint density at radius 2 is 1.83 bits per heavy atom. The van der Waals surface area contributed by atoms with Gasteiger partial charge in [0.2, 0.25) is 15.9 Å². The average Bonchev–Trinajstić information content (AvgIpc) is 2.72. The fraction of sp³-hybridized carbons (Fsp3) is 0.238. The second-order valence-electron chi connectivity index (χ2n) is 6.23. The van der Waals surface area contributed by atoms with Gasteiger partial charge in [-0.1, -0.05) is 31.0 Å². The molecule has 0 saturated carbocycles. The molecule has 152 valence electrons. The first-order chi connectivity index (χ1) is 13.9. The summed E-state index contributed by atoms with van der Waals surface area (Å²) in [6.45, 7) is 2.06. The maximum atomic E-state index is 12.4. The lowest BCUT2D eigenvalue weighted by atomic mass is 10.1. The number of carbonyl (C=O) groups is 2. The lowest BCUT2D eigenvalue weighted by Gasteiger charge is -2.09. The van der Waals surface area contributed by atoms with Gasteiger partial charge in [-0.25, -0.2) is 8.42 Å². The average molecular weight is 413 g/mol. The molecular weight excluding hydrogens is 390 g/mol. The molecule has 0 aliphatic rings. The van der Waals surface area contributed by atoms with E-state index in [1.807, 2.05) is 6.92 Å². The highest BCUT2D eigenvalue weighted by molar-refractivity contribution is 7.89. The molecule has 0 aromatic heterocycles. The third kappa shape index (κ3) is 6.75. The van der Waals surface area contributed by atoms with Crippen LogP contribution in [0, 0.1) is 12.3 Å². The Kier molecular flexibility index (Phi) is 7.95. The van der Waals surface area contributed by atoms with Crippen molar-refractivity contribution in [2.45, 2.75) is 31.2 Å². The van der Waals surface area contributed by atoms with Gasteiger partial charge in [0.15, 0.2) is 0 Å². The summed E-state index contributed by atoms with van der Waals surface area (Å²) in [6, 6.07) is 12.8. The van der Waals surface area contributed by atoms with Crippen molar-refractivity contribution >= 4 is 27.5 Å². The molecule has 0 saturated heterocycles. The van der Waals surface area contributed by atoms with Crippen LogP contribution in [-0.4, -0.2) is 26.8 Å². The molecule has 0 heterocycles. The van der Waals surface area contributed by atoms with Crippen LogP contribution in [0.2, 0.25) is 0 Å². The van der Waals surface area contributed by atoms with Crippen molar-refractivity contribution in [3.63, 3.8) is 0 Å². The van der Waals surface area contributed by atoms with Gasteiger partial charge in [0.1, 0.15) is 0 Å². The van der Waals surface area contributed by atoms with Crippen LogP contribution in [0.5, 0.6) is 0 Å². The van der Waals surface area contributed by atoms with Crippen molar-refractivity contribution in [2.75, 3.05) is 11.9 Å². The van der Waals surface area contributed by atoms with E-state index in [2.05, 4.69) is 21.3 Å². The Hall–Kier alpha value is -3.15. The minimum Gasteiger partial charge on any atom is -0.348 e. The molecule has 2 rings (SSSR count). The Balaban J connectivity index is 1.98. The second kappa shape index (κ2) is 10.4. The predicted molar refractivity (Wildman–Crippen MR) is 112 cm³/mol. The van der Waals surface area contributed by atoms with Crippen LogP contribution >= 0.6 is 0 Å². The van der Waals surface area contributed by atoms with Crippen molar-refractivity contribution in [2.24, 2.45) is 0 Å². The number of nitrogens with one attached hydrogen (secondary N) is 3. The van der Waals surface area contributed by atoms with Gasteiger partial charge in [-0.05, 0) is 42.3 Å². The smallest absolute Gasteiger partial charge is 0.251 e. The molecule has 29 heavy (non-hydrogen) atoms. The number of terminal acetylenes is 1. The molecule has 0 unspecified atom stereocenters. The van der Waals surface area contributed by atoms with Crippen LogP contribution in [-0.2, 0) is 21.4 Å². The van der Waals surface area contributed by atoms with E-state index in [0.717, 1.165) is 12.0 Å². The highest BCUT2D eigenvalue weighted by Crippen LogP contribution is 2.13. The van der Waals surface area contributed by atoms with Gasteiger partial charge in [-0.2, -0.15) is 4.72 Å². The van der Waals surface area contributed by atoms with Crippen LogP contribution in [0.4, 0.5) is 5.69 Å². The Morgan fingerprint density at radius 1 is 1.10 bits per heavy atom. The molecular formula is C21H23N3O4S. The summed E-state index contributed by atoms with van der Waals surface area (Å²) >= 11 is 0. The molecule has 8 heteroatoms. The summed E-state index contributed by atoms with van der Waals surface area (Å²) in [5.41, 5.74) is 1.75. The van der Waals surface area contributed by atoms with Crippen molar-refractivity contribution in [1.82, 2.24) is 10.0 Å².